The Morgan fingerprint density at radius 2 is 1.04 bits per heavy atom. The molecule has 0 saturated carbocycles. The summed E-state index contributed by atoms with van der Waals surface area (Å²) in [7, 11) is 15.7. The summed E-state index contributed by atoms with van der Waals surface area (Å²) in [6, 6.07) is 29.4. The zero-order chi connectivity index (χ0) is 36.8. The summed E-state index contributed by atoms with van der Waals surface area (Å²) in [4.78, 5) is 2.05. The summed E-state index contributed by atoms with van der Waals surface area (Å²) in [5.41, 5.74) is 11.3. The van der Waals surface area contributed by atoms with E-state index in [9.17, 15) is 0 Å². The lowest BCUT2D eigenvalue weighted by atomic mass is 10.3. The Hall–Kier alpha value is -6.50. The van der Waals surface area contributed by atoms with Crippen LogP contribution in [0, 0.1) is 22.3 Å². The molecule has 3 aromatic carbocycles. The third-order valence-corrected chi connectivity index (χ3v) is 7.57. The van der Waals surface area contributed by atoms with Crippen LogP contribution in [-0.4, -0.2) is 36.5 Å². The van der Waals surface area contributed by atoms with Gasteiger partial charge in [-0.3, -0.25) is 5.01 Å². The van der Waals surface area contributed by atoms with Gasteiger partial charge in [0.25, 0.3) is 0 Å². The molecular formula is C41H57N13. The second kappa shape index (κ2) is 22.4. The number of aryl methyl sites for hydroxylation is 5. The number of nitrogens with zero attached hydrogens (tertiary/aromatic N) is 12. The van der Waals surface area contributed by atoms with Gasteiger partial charge >= 0.3 is 11.9 Å². The SMILES string of the molecule is CN(C)c1ccc(N=Nc2n(C)cc[n+]2C)cc1.CN(N=Cc1cc[n+](C)cc1)c1ccccc1.Cn1cc[n+](C)c1N=Nc1ccc(N)cc1.[CH3-].[CH3-].[CH3-]. The second-order valence-corrected chi connectivity index (χ2v) is 11.9. The van der Waals surface area contributed by atoms with E-state index >= 15 is 0 Å². The first kappa shape index (κ1) is 45.5. The highest BCUT2D eigenvalue weighted by Crippen LogP contribution is 2.20. The van der Waals surface area contributed by atoms with Crippen molar-refractivity contribution in [3.05, 3.63) is 156 Å². The second-order valence-electron chi connectivity index (χ2n) is 11.9. The molecule has 54 heavy (non-hydrogen) atoms. The van der Waals surface area contributed by atoms with E-state index in [1.807, 2.05) is 206 Å². The molecule has 0 fully saturated rings. The van der Waals surface area contributed by atoms with E-state index in [1.165, 1.54) is 0 Å². The topological polar surface area (TPSA) is 116 Å². The van der Waals surface area contributed by atoms with Gasteiger partial charge in [0.2, 0.25) is 0 Å². The third-order valence-electron chi connectivity index (χ3n) is 7.57. The third kappa shape index (κ3) is 13.9. The highest BCUT2D eigenvalue weighted by Gasteiger charge is 2.11. The maximum atomic E-state index is 5.59. The van der Waals surface area contributed by atoms with Crippen LogP contribution in [0.1, 0.15) is 5.56 Å². The quantitative estimate of drug-likeness (QED) is 0.0436. The molecule has 13 nitrogen and oxygen atoms in total. The molecule has 6 rings (SSSR count). The fraction of sp³-hybridized carbons (Fsp3) is 0.195. The Morgan fingerprint density at radius 1 is 0.574 bits per heavy atom. The summed E-state index contributed by atoms with van der Waals surface area (Å²) in [6.45, 7) is 0. The van der Waals surface area contributed by atoms with Crippen molar-refractivity contribution >= 4 is 46.5 Å². The monoisotopic (exact) mass is 731 g/mol. The Bertz CT molecular complexity index is 1990. The van der Waals surface area contributed by atoms with E-state index in [2.05, 4.69) is 30.5 Å². The lowest BCUT2D eigenvalue weighted by molar-refractivity contribution is -0.671. The van der Waals surface area contributed by atoms with E-state index in [0.717, 1.165) is 45.9 Å². The summed E-state index contributed by atoms with van der Waals surface area (Å²) < 4.78 is 9.66. The van der Waals surface area contributed by atoms with Crippen LogP contribution >= 0.6 is 0 Å². The number of nitrogens with two attached hydrogens (primary N) is 1. The van der Waals surface area contributed by atoms with E-state index in [-0.39, 0.29) is 22.3 Å². The van der Waals surface area contributed by atoms with Gasteiger partial charge in [0.05, 0.1) is 64.9 Å². The summed E-state index contributed by atoms with van der Waals surface area (Å²) in [6.07, 6.45) is 13.6. The number of benzene rings is 3. The number of azo groups is 2. The van der Waals surface area contributed by atoms with Crippen LogP contribution in [0.4, 0.5) is 40.3 Å². The van der Waals surface area contributed by atoms with Crippen molar-refractivity contribution in [2.75, 3.05) is 36.8 Å². The van der Waals surface area contributed by atoms with Crippen molar-refractivity contribution in [2.45, 2.75) is 0 Å². The van der Waals surface area contributed by atoms with E-state index in [0.29, 0.717) is 0 Å². The molecular weight excluding hydrogens is 675 g/mol. The van der Waals surface area contributed by atoms with Gasteiger partial charge in [0.15, 0.2) is 12.4 Å². The fourth-order valence-corrected chi connectivity index (χ4v) is 4.47. The van der Waals surface area contributed by atoms with E-state index < -0.39 is 0 Å². The van der Waals surface area contributed by atoms with Crippen molar-refractivity contribution in [1.82, 2.24) is 9.13 Å². The number of pyridine rings is 1. The van der Waals surface area contributed by atoms with Gasteiger partial charge in [0, 0.05) is 60.4 Å². The predicted octanol–water partition coefficient (Wildman–Crippen LogP) is 7.51. The smallest absolute Gasteiger partial charge is 0.399 e. The molecule has 0 bridgehead atoms. The highest BCUT2D eigenvalue weighted by atomic mass is 15.4. The molecule has 0 aliphatic heterocycles. The van der Waals surface area contributed by atoms with Crippen LogP contribution in [0.5, 0.6) is 0 Å². The maximum absolute atomic E-state index is 5.59. The predicted molar refractivity (Wildman–Crippen MR) is 222 cm³/mol. The molecule has 0 unspecified atom stereocenters. The van der Waals surface area contributed by atoms with Gasteiger partial charge in [-0.1, -0.05) is 28.4 Å². The van der Waals surface area contributed by atoms with Crippen molar-refractivity contribution in [1.29, 1.82) is 0 Å². The maximum Gasteiger partial charge on any atom is 0.421 e. The number of aromatic nitrogens is 5. The molecule has 0 radical (unpaired) electrons. The molecule has 0 aliphatic carbocycles. The van der Waals surface area contributed by atoms with Crippen LogP contribution in [0.2, 0.25) is 0 Å². The molecule has 0 spiro atoms. The van der Waals surface area contributed by atoms with Gasteiger partial charge in [0.1, 0.15) is 18.4 Å². The van der Waals surface area contributed by atoms with Crippen LogP contribution in [0.3, 0.4) is 0 Å². The number of imidazole rings is 2. The van der Waals surface area contributed by atoms with Crippen LogP contribution in [0.25, 0.3) is 0 Å². The normalized spacial score (nSPS) is 10.4. The molecule has 0 aliphatic rings. The first-order valence-corrected chi connectivity index (χ1v) is 16.3. The standard InChI is InChI=1S/C14H16N3.C13H18N5.C11H13N5.3CH3/c1-16-10-8-13(9-11-16)12-15-17(2)14-6-4-3-5-7-14;1-16(2)12-7-5-11(6-8-12)14-15-13-17(3)9-10-18(13)4;1-15-7-8-16(2)11(15)14-13-10-5-3-9(12)4-6-10;;;/h3-12H,1-2H3;5-10H,1-4H3;3-8,12H,1-2H3;3*1H3/q2*+1;;3*-1/p+1. The number of anilines is 3. The average Bonchev–Trinajstić information content (AvgIpc) is 3.64. The Balaban J connectivity index is 0.000000395. The van der Waals surface area contributed by atoms with Gasteiger partial charge in [-0.2, -0.15) is 5.10 Å². The molecule has 0 amide bonds. The first-order valence-electron chi connectivity index (χ1n) is 16.3. The number of hydrogen-bond acceptors (Lipinski definition) is 8. The number of rotatable bonds is 8. The summed E-state index contributed by atoms with van der Waals surface area (Å²) in [5, 5.41) is 23.0. The zero-order valence-electron chi connectivity index (χ0n) is 33.6. The van der Waals surface area contributed by atoms with Crippen molar-refractivity contribution in [2.24, 2.45) is 60.8 Å². The zero-order valence-corrected chi connectivity index (χ0v) is 33.6. The van der Waals surface area contributed by atoms with Gasteiger partial charge < -0.3 is 32.9 Å². The average molecular weight is 732 g/mol. The lowest BCUT2D eigenvalue weighted by Gasteiger charge is -2.11. The van der Waals surface area contributed by atoms with Gasteiger partial charge in [-0.25, -0.2) is 22.8 Å². The van der Waals surface area contributed by atoms with Crippen molar-refractivity contribution in [3.8, 4) is 0 Å². The van der Waals surface area contributed by atoms with Crippen molar-refractivity contribution < 1.29 is 13.7 Å². The summed E-state index contributed by atoms with van der Waals surface area (Å²) >= 11 is 0. The summed E-state index contributed by atoms with van der Waals surface area (Å²) in [5.74, 6) is 1.60. The lowest BCUT2D eigenvalue weighted by Crippen LogP contribution is -2.25. The van der Waals surface area contributed by atoms with E-state index in [1.54, 1.807) is 12.1 Å². The Morgan fingerprint density at radius 3 is 1.46 bits per heavy atom. The van der Waals surface area contributed by atoms with Crippen LogP contribution < -0.4 is 29.3 Å². The minimum Gasteiger partial charge on any atom is -0.399 e. The Labute approximate surface area is 322 Å². The molecule has 13 heteroatoms. The molecule has 6 aromatic rings. The highest BCUT2D eigenvalue weighted by molar-refractivity contribution is 5.79. The van der Waals surface area contributed by atoms with Gasteiger partial charge in [-0.05, 0) is 60.7 Å². The Kier molecular flexibility index (Phi) is 18.9. The molecule has 2 N–H and O–H groups in total. The van der Waals surface area contributed by atoms with Crippen LogP contribution in [0.15, 0.2) is 154 Å². The largest absolute Gasteiger partial charge is 0.421 e. The molecule has 3 heterocycles. The van der Waals surface area contributed by atoms with Crippen molar-refractivity contribution in [3.63, 3.8) is 0 Å². The van der Waals surface area contributed by atoms with Gasteiger partial charge in [-0.15, -0.1) is 0 Å². The number of hydrazone groups is 1. The molecule has 3 aromatic heterocycles. The molecule has 0 atom stereocenters. The number of hydrogen-bond donors (Lipinski definition) is 1. The molecule has 0 saturated heterocycles. The van der Waals surface area contributed by atoms with Crippen LogP contribution in [-0.2, 0) is 35.2 Å². The molecule has 286 valence electrons. The number of para-hydroxylation sites is 1. The fourth-order valence-electron chi connectivity index (χ4n) is 4.47. The first-order chi connectivity index (χ1) is 24.5. The minimum atomic E-state index is 0. The minimum absolute atomic E-state index is 0. The number of nitrogen functional groups attached to an aromatic ring is 1. The van der Waals surface area contributed by atoms with E-state index in [4.69, 9.17) is 5.73 Å².